The topological polar surface area (TPSA) is 20.2 Å². The van der Waals surface area contributed by atoms with E-state index in [9.17, 15) is 0 Å². The minimum atomic E-state index is 0. The molecule has 1 N–H and O–H groups in total. The molecule has 0 amide bonds. The van der Waals surface area contributed by atoms with Gasteiger partial charge < -0.3 is 5.11 Å². The number of aliphatic hydroxyl groups is 1. The Bertz CT molecular complexity index is 6.00. The monoisotopic (exact) mass is 226 g/mol. The maximum Gasteiger partial charge on any atom is 4.00 e. The van der Waals surface area contributed by atoms with Gasteiger partial charge in [0.25, 0.3) is 0 Å². The fraction of sp³-hybridized carbons (Fsp3) is 1.00. The second-order valence-corrected chi connectivity index (χ2v) is 0.316. The number of hydrogen-bond donors (Lipinski definition) is 1. The molecule has 0 rings (SSSR count). The van der Waals surface area contributed by atoms with Crippen molar-refractivity contribution in [1.29, 1.82) is 0 Å². The zero-order valence-corrected chi connectivity index (χ0v) is 6.25. The van der Waals surface area contributed by atoms with Gasteiger partial charge in [0.05, 0.1) is 0 Å². The first-order chi connectivity index (χ1) is 1.41. The molecule has 20 valence electrons. The maximum atomic E-state index is 7.57. The summed E-state index contributed by atoms with van der Waals surface area (Å²) < 4.78 is 0. The van der Waals surface area contributed by atoms with Gasteiger partial charge in [-0.05, 0) is 6.92 Å². The van der Waals surface area contributed by atoms with E-state index in [0.29, 0.717) is 0 Å². The molecule has 0 aromatic carbocycles. The van der Waals surface area contributed by atoms with Crippen LogP contribution in [0.5, 0.6) is 0 Å². The Morgan fingerprint density at radius 2 is 1.75 bits per heavy atom. The molecule has 4 heavy (non-hydrogen) atoms. The van der Waals surface area contributed by atoms with Crippen LogP contribution in [0.15, 0.2) is 0 Å². The molecule has 0 aliphatic rings. The van der Waals surface area contributed by atoms with Crippen LogP contribution in [-0.4, -0.2) is 11.7 Å². The summed E-state index contributed by atoms with van der Waals surface area (Å²) in [5.74, 6) is 0. The molecular weight excluding hydrogens is 219 g/mol. The van der Waals surface area contributed by atoms with Crippen LogP contribution in [0.1, 0.15) is 6.92 Å². The Balaban J connectivity index is 0. The van der Waals surface area contributed by atoms with Crippen LogP contribution in [0.25, 0.3) is 0 Å². The smallest absolute Gasteiger partial charge is 0.397 e. The van der Waals surface area contributed by atoms with E-state index in [1.807, 2.05) is 0 Å². The van der Waals surface area contributed by atoms with Gasteiger partial charge in [-0.1, -0.05) is 0 Å². The van der Waals surface area contributed by atoms with Crippen molar-refractivity contribution >= 4 is 0 Å². The third-order valence-corrected chi connectivity index (χ3v) is 0. The molecule has 0 unspecified atom stereocenters. The Morgan fingerprint density at radius 3 is 1.75 bits per heavy atom. The SMILES string of the molecule is CCO.[Hf+4]. The van der Waals surface area contributed by atoms with Crippen LogP contribution >= 0.6 is 0 Å². The normalized spacial score (nSPS) is 4.50. The van der Waals surface area contributed by atoms with Gasteiger partial charge in [-0.15, -0.1) is 0 Å². The molecule has 0 saturated carbocycles. The van der Waals surface area contributed by atoms with Crippen molar-refractivity contribution in [1.82, 2.24) is 0 Å². The zero-order chi connectivity index (χ0) is 2.71. The van der Waals surface area contributed by atoms with E-state index in [4.69, 9.17) is 5.11 Å². The maximum absolute atomic E-state index is 7.57. The third kappa shape index (κ3) is 13.8. The standard InChI is InChI=1S/C2H6O.Hf/c1-2-3;/h3H,2H2,1H3;/q;+4. The Morgan fingerprint density at radius 1 is 1.75 bits per heavy atom. The summed E-state index contributed by atoms with van der Waals surface area (Å²) in [7, 11) is 0. The van der Waals surface area contributed by atoms with Crippen molar-refractivity contribution in [3.63, 3.8) is 0 Å². The largest absolute Gasteiger partial charge is 4.00 e. The molecule has 0 spiro atoms. The van der Waals surface area contributed by atoms with E-state index >= 15 is 0 Å². The van der Waals surface area contributed by atoms with Crippen molar-refractivity contribution in [2.24, 2.45) is 0 Å². The molecular formula is C2H6HfO+4. The van der Waals surface area contributed by atoms with Gasteiger partial charge in [0.15, 0.2) is 0 Å². The van der Waals surface area contributed by atoms with Crippen LogP contribution in [0.3, 0.4) is 0 Å². The van der Waals surface area contributed by atoms with Crippen molar-refractivity contribution in [2.45, 2.75) is 6.92 Å². The van der Waals surface area contributed by atoms with E-state index in [0.717, 1.165) is 0 Å². The summed E-state index contributed by atoms with van der Waals surface area (Å²) in [6, 6.07) is 0. The van der Waals surface area contributed by atoms with Crippen LogP contribution in [-0.2, 0) is 25.8 Å². The number of hydrogen-bond acceptors (Lipinski definition) is 1. The first kappa shape index (κ1) is 8.85. The van der Waals surface area contributed by atoms with Crippen molar-refractivity contribution in [3.8, 4) is 0 Å². The Kier molecular flexibility index (Phi) is 20.3. The molecule has 0 saturated heterocycles. The van der Waals surface area contributed by atoms with Crippen molar-refractivity contribution < 1.29 is 30.9 Å². The summed E-state index contributed by atoms with van der Waals surface area (Å²) in [5.41, 5.74) is 0. The molecule has 0 fully saturated rings. The van der Waals surface area contributed by atoms with Gasteiger partial charge in [-0.3, -0.25) is 0 Å². The summed E-state index contributed by atoms with van der Waals surface area (Å²) >= 11 is 0. The number of rotatable bonds is 0. The van der Waals surface area contributed by atoms with E-state index in [-0.39, 0.29) is 32.5 Å². The van der Waals surface area contributed by atoms with Crippen LogP contribution in [0, 0.1) is 0 Å². The van der Waals surface area contributed by atoms with Gasteiger partial charge in [-0.25, -0.2) is 0 Å². The Hall–Kier alpha value is 0.830. The van der Waals surface area contributed by atoms with Crippen LogP contribution in [0.4, 0.5) is 0 Å². The van der Waals surface area contributed by atoms with Gasteiger partial charge >= 0.3 is 25.8 Å². The molecule has 0 aromatic heterocycles. The summed E-state index contributed by atoms with van der Waals surface area (Å²) in [5, 5.41) is 7.57. The minimum absolute atomic E-state index is 0. The van der Waals surface area contributed by atoms with E-state index in [1.165, 1.54) is 0 Å². The Labute approximate surface area is 44.8 Å². The van der Waals surface area contributed by atoms with Crippen LogP contribution in [0.2, 0.25) is 0 Å². The second-order valence-electron chi connectivity index (χ2n) is 0.316. The summed E-state index contributed by atoms with van der Waals surface area (Å²) in [6.07, 6.45) is 0. The van der Waals surface area contributed by atoms with Crippen LogP contribution < -0.4 is 0 Å². The molecule has 0 heterocycles. The molecule has 2 heteroatoms. The molecule has 0 radical (unpaired) electrons. The third-order valence-electron chi connectivity index (χ3n) is 0. The van der Waals surface area contributed by atoms with Gasteiger partial charge in [0, 0.05) is 6.61 Å². The summed E-state index contributed by atoms with van der Waals surface area (Å²) in [6.45, 7) is 1.93. The van der Waals surface area contributed by atoms with Crippen molar-refractivity contribution in [3.05, 3.63) is 0 Å². The van der Waals surface area contributed by atoms with Gasteiger partial charge in [0.1, 0.15) is 0 Å². The van der Waals surface area contributed by atoms with E-state index < -0.39 is 0 Å². The first-order valence-electron chi connectivity index (χ1n) is 1.02. The predicted molar refractivity (Wildman–Crippen MR) is 12.8 cm³/mol. The molecule has 0 aromatic rings. The summed E-state index contributed by atoms with van der Waals surface area (Å²) in [4.78, 5) is 0. The molecule has 0 bridgehead atoms. The quantitative estimate of drug-likeness (QED) is 0.574. The van der Waals surface area contributed by atoms with Gasteiger partial charge in [-0.2, -0.15) is 0 Å². The average molecular weight is 225 g/mol. The fourth-order valence-corrected chi connectivity index (χ4v) is 0. The number of aliphatic hydroxyl groups excluding tert-OH is 1. The average Bonchev–Trinajstić information content (AvgIpc) is 0.918. The molecule has 1 nitrogen and oxygen atoms in total. The fourth-order valence-electron chi connectivity index (χ4n) is 0. The van der Waals surface area contributed by atoms with Gasteiger partial charge in [0.2, 0.25) is 0 Å². The second kappa shape index (κ2) is 9.16. The predicted octanol–water partition coefficient (Wildman–Crippen LogP) is -0.00390. The molecule has 0 aliphatic carbocycles. The van der Waals surface area contributed by atoms with Crippen molar-refractivity contribution in [2.75, 3.05) is 6.61 Å². The molecule has 0 atom stereocenters. The minimum Gasteiger partial charge on any atom is -0.397 e. The van der Waals surface area contributed by atoms with E-state index in [2.05, 4.69) is 0 Å². The first-order valence-corrected chi connectivity index (χ1v) is 1.02. The van der Waals surface area contributed by atoms with E-state index in [1.54, 1.807) is 6.92 Å². The molecule has 0 aliphatic heterocycles. The zero-order valence-electron chi connectivity index (χ0n) is 2.65.